The Morgan fingerprint density at radius 1 is 1.29 bits per heavy atom. The molecule has 0 saturated heterocycles. The third-order valence-electron chi connectivity index (χ3n) is 3.43. The summed E-state index contributed by atoms with van der Waals surface area (Å²) in [6, 6.07) is 4.81. The lowest BCUT2D eigenvalue weighted by Crippen LogP contribution is -2.37. The molecule has 0 unspecified atom stereocenters. The van der Waals surface area contributed by atoms with Gasteiger partial charge in [0.2, 0.25) is 0 Å². The Morgan fingerprint density at radius 3 is 2.35 bits per heavy atom. The summed E-state index contributed by atoms with van der Waals surface area (Å²) in [5.74, 6) is -0.219. The maximum atomic E-state index is 13.4. The van der Waals surface area contributed by atoms with Crippen molar-refractivity contribution in [1.29, 1.82) is 0 Å². The van der Waals surface area contributed by atoms with Gasteiger partial charge in [-0.1, -0.05) is 26.0 Å². The van der Waals surface area contributed by atoms with E-state index in [9.17, 15) is 14.6 Å². The van der Waals surface area contributed by atoms with Crippen LogP contribution in [-0.2, 0) is 6.42 Å². The lowest BCUT2D eigenvalue weighted by molar-refractivity contribution is 0.0161. The van der Waals surface area contributed by atoms with Gasteiger partial charge in [-0.15, -0.1) is 0 Å². The molecule has 1 aromatic rings. The Morgan fingerprint density at radius 2 is 1.88 bits per heavy atom. The molecule has 0 atom stereocenters. The molecule has 0 aliphatic heterocycles. The van der Waals surface area contributed by atoms with Crippen LogP contribution >= 0.6 is 15.9 Å². The van der Waals surface area contributed by atoms with E-state index in [4.69, 9.17) is 0 Å². The van der Waals surface area contributed by atoms with Crippen LogP contribution in [0.5, 0.6) is 0 Å². The highest BCUT2D eigenvalue weighted by Gasteiger charge is 2.33. The fourth-order valence-electron chi connectivity index (χ4n) is 1.80. The second kappa shape index (κ2) is 5.94. The van der Waals surface area contributed by atoms with Crippen LogP contribution in [0, 0.1) is 17.2 Å². The van der Waals surface area contributed by atoms with Gasteiger partial charge in [0.05, 0.1) is 17.7 Å². The van der Waals surface area contributed by atoms with Crippen LogP contribution in [-0.4, -0.2) is 23.4 Å². The van der Waals surface area contributed by atoms with Gasteiger partial charge in [-0.2, -0.15) is 0 Å². The van der Waals surface area contributed by atoms with Crippen molar-refractivity contribution in [2.45, 2.75) is 20.3 Å². The molecule has 17 heavy (non-hydrogen) atoms. The third-order valence-corrected chi connectivity index (χ3v) is 4.32. The Kier molecular flexibility index (Phi) is 5.10. The average Bonchev–Trinajstić information content (AvgIpc) is 2.31. The van der Waals surface area contributed by atoms with Crippen molar-refractivity contribution < 1.29 is 14.6 Å². The molecular weight excluding hydrogens is 287 g/mol. The van der Waals surface area contributed by atoms with E-state index in [0.29, 0.717) is 10.9 Å². The molecule has 0 bridgehead atoms. The highest BCUT2D eigenvalue weighted by atomic mass is 79.9. The Balaban J connectivity index is 3.06. The molecular formula is C13H18BrFO2. The van der Waals surface area contributed by atoms with Crippen LogP contribution in [0.2, 0.25) is 0 Å². The maximum absolute atomic E-state index is 13.4. The lowest BCUT2D eigenvalue weighted by Gasteiger charge is -2.34. The van der Waals surface area contributed by atoms with Gasteiger partial charge >= 0.3 is 0 Å². The summed E-state index contributed by atoms with van der Waals surface area (Å²) in [7, 11) is 0. The second-order valence-electron chi connectivity index (χ2n) is 4.72. The fraction of sp³-hybridized carbons (Fsp3) is 0.538. The number of benzene rings is 1. The minimum atomic E-state index is -0.615. The van der Waals surface area contributed by atoms with Crippen molar-refractivity contribution in [2.24, 2.45) is 11.3 Å². The first-order valence-corrected chi connectivity index (χ1v) is 6.41. The maximum Gasteiger partial charge on any atom is 0.137 e. The minimum Gasteiger partial charge on any atom is -0.396 e. The second-order valence-corrected chi connectivity index (χ2v) is 5.52. The Labute approximate surface area is 110 Å². The van der Waals surface area contributed by atoms with Crippen LogP contribution in [0.1, 0.15) is 19.4 Å². The van der Waals surface area contributed by atoms with Crippen LogP contribution in [0.4, 0.5) is 4.39 Å². The Hall–Kier alpha value is -0.450. The molecule has 2 nitrogen and oxygen atoms in total. The van der Waals surface area contributed by atoms with Crippen LogP contribution < -0.4 is 0 Å². The first-order valence-electron chi connectivity index (χ1n) is 5.61. The predicted molar refractivity (Wildman–Crippen MR) is 69.2 cm³/mol. The van der Waals surface area contributed by atoms with Crippen LogP contribution in [0.15, 0.2) is 22.7 Å². The van der Waals surface area contributed by atoms with Crippen molar-refractivity contribution in [3.63, 3.8) is 0 Å². The van der Waals surface area contributed by atoms with Crippen molar-refractivity contribution in [3.8, 4) is 0 Å². The van der Waals surface area contributed by atoms with Gasteiger partial charge in [0.15, 0.2) is 0 Å². The standard InChI is InChI=1S/C13H18BrFO2/c1-9(2)13(7-16,8-17)6-10-4-3-5-11(15)12(10)14/h3-5,9,16-17H,6-8H2,1-2H3. The van der Waals surface area contributed by atoms with Crippen molar-refractivity contribution in [2.75, 3.05) is 13.2 Å². The number of rotatable bonds is 5. The number of hydrogen-bond acceptors (Lipinski definition) is 2. The summed E-state index contributed by atoms with van der Waals surface area (Å²) < 4.78 is 13.8. The smallest absolute Gasteiger partial charge is 0.137 e. The number of aliphatic hydroxyl groups is 2. The van der Waals surface area contributed by atoms with Gasteiger partial charge in [-0.3, -0.25) is 0 Å². The summed E-state index contributed by atoms with van der Waals surface area (Å²) in [5, 5.41) is 19.0. The van der Waals surface area contributed by atoms with E-state index >= 15 is 0 Å². The zero-order chi connectivity index (χ0) is 13.1. The fourth-order valence-corrected chi connectivity index (χ4v) is 2.20. The van der Waals surface area contributed by atoms with Crippen molar-refractivity contribution in [1.82, 2.24) is 0 Å². The molecule has 0 aliphatic rings. The van der Waals surface area contributed by atoms with E-state index in [1.54, 1.807) is 12.1 Å². The van der Waals surface area contributed by atoms with E-state index in [-0.39, 0.29) is 24.9 Å². The van der Waals surface area contributed by atoms with Gasteiger partial charge in [0.25, 0.3) is 0 Å². The number of hydrogen-bond donors (Lipinski definition) is 2. The Bertz CT molecular complexity index is 376. The molecule has 96 valence electrons. The molecule has 0 aliphatic carbocycles. The molecule has 0 aromatic heterocycles. The van der Waals surface area contributed by atoms with Gasteiger partial charge < -0.3 is 10.2 Å². The first-order chi connectivity index (χ1) is 7.96. The molecule has 1 aromatic carbocycles. The summed E-state index contributed by atoms with van der Waals surface area (Å²) in [6.45, 7) is 3.65. The summed E-state index contributed by atoms with van der Waals surface area (Å²) in [5.41, 5.74) is 0.151. The molecule has 1 rings (SSSR count). The average molecular weight is 305 g/mol. The summed E-state index contributed by atoms with van der Waals surface area (Å²) in [6.07, 6.45) is 0.440. The molecule has 0 spiro atoms. The van der Waals surface area contributed by atoms with Crippen molar-refractivity contribution in [3.05, 3.63) is 34.1 Å². The van der Waals surface area contributed by atoms with Crippen molar-refractivity contribution >= 4 is 15.9 Å². The van der Waals surface area contributed by atoms with E-state index in [2.05, 4.69) is 15.9 Å². The molecule has 0 amide bonds. The predicted octanol–water partition coefficient (Wildman–Crippen LogP) is 2.76. The highest BCUT2D eigenvalue weighted by molar-refractivity contribution is 9.10. The minimum absolute atomic E-state index is 0.104. The SMILES string of the molecule is CC(C)C(CO)(CO)Cc1cccc(F)c1Br. The molecule has 2 N–H and O–H groups in total. The topological polar surface area (TPSA) is 40.5 Å². The first kappa shape index (κ1) is 14.6. The largest absolute Gasteiger partial charge is 0.396 e. The van der Waals surface area contributed by atoms with Crippen LogP contribution in [0.3, 0.4) is 0 Å². The summed E-state index contributed by atoms with van der Waals surface area (Å²) >= 11 is 3.20. The third kappa shape index (κ3) is 3.06. The molecule has 0 heterocycles. The van der Waals surface area contributed by atoms with Crippen LogP contribution in [0.25, 0.3) is 0 Å². The van der Waals surface area contributed by atoms with Gasteiger partial charge in [0.1, 0.15) is 5.82 Å². The van der Waals surface area contributed by atoms with Gasteiger partial charge in [-0.25, -0.2) is 4.39 Å². The molecule has 0 radical (unpaired) electrons. The van der Waals surface area contributed by atoms with E-state index in [1.807, 2.05) is 13.8 Å². The number of aliphatic hydroxyl groups excluding tert-OH is 2. The molecule has 4 heteroatoms. The normalized spacial score (nSPS) is 12.2. The molecule has 0 saturated carbocycles. The lowest BCUT2D eigenvalue weighted by atomic mass is 9.74. The highest BCUT2D eigenvalue weighted by Crippen LogP contribution is 2.34. The van der Waals surface area contributed by atoms with E-state index in [0.717, 1.165) is 5.56 Å². The summed E-state index contributed by atoms with van der Waals surface area (Å²) in [4.78, 5) is 0. The molecule has 0 fully saturated rings. The quantitative estimate of drug-likeness (QED) is 0.878. The number of halogens is 2. The monoisotopic (exact) mass is 304 g/mol. The zero-order valence-electron chi connectivity index (χ0n) is 10.1. The van der Waals surface area contributed by atoms with E-state index in [1.165, 1.54) is 6.07 Å². The zero-order valence-corrected chi connectivity index (χ0v) is 11.7. The van der Waals surface area contributed by atoms with Gasteiger partial charge in [-0.05, 0) is 39.9 Å². The van der Waals surface area contributed by atoms with Gasteiger partial charge in [0, 0.05) is 5.41 Å². The van der Waals surface area contributed by atoms with E-state index < -0.39 is 5.41 Å².